The van der Waals surface area contributed by atoms with Gasteiger partial charge in [0.2, 0.25) is 0 Å². The number of urea groups is 1. The Kier molecular flexibility index (Phi) is 9.54. The van der Waals surface area contributed by atoms with Crippen LogP contribution in [0.4, 0.5) is 15.3 Å². The molecule has 3 N–H and O–H groups in total. The maximum atomic E-state index is 14.1. The Morgan fingerprint density at radius 2 is 1.66 bits per heavy atom. The Balaban J connectivity index is 1.02. The molecule has 1 aromatic heterocycles. The predicted octanol–water partition coefficient (Wildman–Crippen LogP) is 3.57. The first kappa shape index (κ1) is 33.6. The van der Waals surface area contributed by atoms with Crippen molar-refractivity contribution in [1.82, 2.24) is 24.6 Å². The lowest BCUT2D eigenvalue weighted by Crippen LogP contribution is -2.53. The SMILES string of the molecule is Cc1cc(CC(OC(=O)N2CCC(N3CCc4ccccc4NC3=O)CC2)C(=O)N2CCC(N3CCCC3C(=O)O)CC2)cc2oc(=O)[nH]c12. The van der Waals surface area contributed by atoms with E-state index in [4.69, 9.17) is 9.15 Å². The first-order chi connectivity index (χ1) is 24.1. The fourth-order valence-electron chi connectivity index (χ4n) is 8.21. The largest absolute Gasteiger partial charge is 0.480 e. The number of carboxylic acid groups (broad SMARTS) is 1. The van der Waals surface area contributed by atoms with Crippen molar-refractivity contribution in [3.05, 3.63) is 63.6 Å². The van der Waals surface area contributed by atoms with Gasteiger partial charge in [-0.1, -0.05) is 24.3 Å². The zero-order chi connectivity index (χ0) is 34.9. The van der Waals surface area contributed by atoms with Crippen LogP contribution in [0.25, 0.3) is 11.1 Å². The van der Waals surface area contributed by atoms with Gasteiger partial charge in [-0.05, 0) is 87.2 Å². The number of carbonyl (C=O) groups is 4. The van der Waals surface area contributed by atoms with Crippen LogP contribution in [-0.2, 0) is 27.2 Å². The quantitative estimate of drug-likeness (QED) is 0.336. The Bertz CT molecular complexity index is 1820. The second-order valence-electron chi connectivity index (χ2n) is 13.9. The summed E-state index contributed by atoms with van der Waals surface area (Å²) in [6.07, 6.45) is 3.05. The van der Waals surface area contributed by atoms with E-state index in [1.807, 2.05) is 42.2 Å². The molecule has 0 saturated carbocycles. The molecule has 0 bridgehead atoms. The number of aromatic amines is 1. The van der Waals surface area contributed by atoms with Crippen LogP contribution < -0.4 is 11.1 Å². The van der Waals surface area contributed by atoms with Crippen molar-refractivity contribution < 1.29 is 33.4 Å². The molecule has 2 atom stereocenters. The highest BCUT2D eigenvalue weighted by atomic mass is 16.6. The number of nitrogens with zero attached hydrogens (tertiary/aromatic N) is 4. The standard InChI is InChI=1S/C36H44N6O8/c1-22-19-23(20-29-31(22)38-35(47)49-29)21-30(32(43)39-14-9-25(10-15-39)41-13-4-7-28(41)33(44)45)50-36(48)40-16-11-26(12-17-40)42-18-8-24-5-2-3-6-27(24)37-34(42)46/h2-3,5-6,19-20,25-26,28,30H,4,7-18,21H2,1H3,(H,37,46)(H,38,47)(H,44,45). The van der Waals surface area contributed by atoms with E-state index in [1.165, 1.54) is 0 Å². The van der Waals surface area contributed by atoms with Crippen molar-refractivity contribution in [3.63, 3.8) is 0 Å². The fourth-order valence-corrected chi connectivity index (χ4v) is 8.21. The summed E-state index contributed by atoms with van der Waals surface area (Å²) in [6.45, 7) is 4.78. The van der Waals surface area contributed by atoms with E-state index in [1.54, 1.807) is 15.9 Å². The number of H-pyrrole nitrogens is 1. The highest BCUT2D eigenvalue weighted by molar-refractivity contribution is 5.91. The molecule has 266 valence electrons. The summed E-state index contributed by atoms with van der Waals surface area (Å²) in [5, 5.41) is 12.7. The Labute approximate surface area is 289 Å². The van der Waals surface area contributed by atoms with Gasteiger partial charge >= 0.3 is 23.8 Å². The van der Waals surface area contributed by atoms with Crippen molar-refractivity contribution in [3.8, 4) is 0 Å². The van der Waals surface area contributed by atoms with Gasteiger partial charge < -0.3 is 34.3 Å². The van der Waals surface area contributed by atoms with E-state index in [-0.39, 0.29) is 30.4 Å². The number of nitrogens with one attached hydrogen (secondary N) is 2. The number of oxazole rings is 1. The van der Waals surface area contributed by atoms with Gasteiger partial charge in [0, 0.05) is 56.9 Å². The number of aliphatic carboxylic acids is 1. The number of para-hydroxylation sites is 1. The fraction of sp³-hybridized carbons (Fsp3) is 0.528. The second kappa shape index (κ2) is 14.2. The van der Waals surface area contributed by atoms with Crippen molar-refractivity contribution in [1.29, 1.82) is 0 Å². The molecule has 7 rings (SSSR count). The minimum absolute atomic E-state index is 0.0332. The maximum absolute atomic E-state index is 14.1. The molecule has 3 fully saturated rings. The number of aromatic nitrogens is 1. The van der Waals surface area contributed by atoms with E-state index in [9.17, 15) is 29.1 Å². The lowest BCUT2D eigenvalue weighted by molar-refractivity contribution is -0.146. The predicted molar refractivity (Wildman–Crippen MR) is 183 cm³/mol. The van der Waals surface area contributed by atoms with Crippen LogP contribution in [0.5, 0.6) is 0 Å². The summed E-state index contributed by atoms with van der Waals surface area (Å²) in [4.78, 5) is 74.4. The lowest BCUT2D eigenvalue weighted by atomic mass is 9.99. The number of amides is 4. The second-order valence-corrected chi connectivity index (χ2v) is 13.9. The van der Waals surface area contributed by atoms with E-state index >= 15 is 0 Å². The molecule has 0 aliphatic carbocycles. The summed E-state index contributed by atoms with van der Waals surface area (Å²) in [7, 11) is 0. The van der Waals surface area contributed by atoms with Crippen LogP contribution in [-0.4, -0.2) is 117 Å². The van der Waals surface area contributed by atoms with Gasteiger partial charge in [-0.2, -0.15) is 0 Å². The smallest absolute Gasteiger partial charge is 0.417 e. The number of aryl methyl sites for hydroxylation is 1. The van der Waals surface area contributed by atoms with Crippen molar-refractivity contribution >= 4 is 40.8 Å². The number of piperidine rings is 2. The highest BCUT2D eigenvalue weighted by Crippen LogP contribution is 2.29. The van der Waals surface area contributed by atoms with Crippen LogP contribution in [0.15, 0.2) is 45.6 Å². The average Bonchev–Trinajstić information content (AvgIpc) is 3.72. The average molecular weight is 689 g/mol. The molecule has 2 aromatic carbocycles. The zero-order valence-electron chi connectivity index (χ0n) is 28.3. The Hall–Kier alpha value is -4.85. The highest BCUT2D eigenvalue weighted by Gasteiger charge is 2.39. The summed E-state index contributed by atoms with van der Waals surface area (Å²) in [5.74, 6) is -1.68. The molecule has 0 spiro atoms. The Morgan fingerprint density at radius 3 is 2.42 bits per heavy atom. The topological polar surface area (TPSA) is 169 Å². The van der Waals surface area contributed by atoms with Gasteiger partial charge in [-0.3, -0.25) is 19.5 Å². The number of ether oxygens (including phenoxy) is 1. The number of benzene rings is 2. The number of hydrogen-bond acceptors (Lipinski definition) is 8. The normalized spacial score (nSPS) is 21.5. The van der Waals surface area contributed by atoms with Gasteiger partial charge in [-0.25, -0.2) is 14.4 Å². The molecule has 4 aliphatic heterocycles. The van der Waals surface area contributed by atoms with E-state index in [2.05, 4.69) is 15.2 Å². The number of rotatable bonds is 7. The van der Waals surface area contributed by atoms with Crippen LogP contribution in [0.1, 0.15) is 55.2 Å². The molecule has 14 nitrogen and oxygen atoms in total. The molecule has 5 heterocycles. The molecular formula is C36H44N6O8. The summed E-state index contributed by atoms with van der Waals surface area (Å²) in [6, 6.07) is 10.8. The van der Waals surface area contributed by atoms with Crippen LogP contribution in [0, 0.1) is 6.92 Å². The number of carbonyl (C=O) groups excluding carboxylic acids is 3. The lowest BCUT2D eigenvalue weighted by Gasteiger charge is -2.40. The third kappa shape index (κ3) is 6.93. The zero-order valence-corrected chi connectivity index (χ0v) is 28.3. The molecule has 3 aromatic rings. The third-order valence-corrected chi connectivity index (χ3v) is 10.9. The van der Waals surface area contributed by atoms with Crippen molar-refractivity contribution in [2.24, 2.45) is 0 Å². The molecule has 3 saturated heterocycles. The van der Waals surface area contributed by atoms with E-state index < -0.39 is 30.0 Å². The van der Waals surface area contributed by atoms with Crippen LogP contribution >= 0.6 is 0 Å². The maximum Gasteiger partial charge on any atom is 0.417 e. The summed E-state index contributed by atoms with van der Waals surface area (Å²) in [5.41, 5.74) is 4.32. The molecular weight excluding hydrogens is 644 g/mol. The number of carboxylic acids is 1. The molecule has 50 heavy (non-hydrogen) atoms. The van der Waals surface area contributed by atoms with Gasteiger partial charge in [0.1, 0.15) is 6.04 Å². The minimum atomic E-state index is -1.12. The van der Waals surface area contributed by atoms with Gasteiger partial charge in [0.05, 0.1) is 5.52 Å². The summed E-state index contributed by atoms with van der Waals surface area (Å²) < 4.78 is 11.3. The van der Waals surface area contributed by atoms with Gasteiger partial charge in [-0.15, -0.1) is 0 Å². The number of fused-ring (bicyclic) bond motifs is 2. The van der Waals surface area contributed by atoms with Gasteiger partial charge in [0.15, 0.2) is 11.7 Å². The molecule has 4 amide bonds. The number of anilines is 1. The van der Waals surface area contributed by atoms with Crippen LogP contribution in [0.3, 0.4) is 0 Å². The van der Waals surface area contributed by atoms with Crippen LogP contribution in [0.2, 0.25) is 0 Å². The first-order valence-corrected chi connectivity index (χ1v) is 17.7. The van der Waals surface area contributed by atoms with Crippen molar-refractivity contribution in [2.45, 2.75) is 82.5 Å². The molecule has 0 radical (unpaired) electrons. The molecule has 4 aliphatic rings. The van der Waals surface area contributed by atoms with Gasteiger partial charge in [0.25, 0.3) is 5.91 Å². The third-order valence-electron chi connectivity index (χ3n) is 10.9. The van der Waals surface area contributed by atoms with E-state index in [0.29, 0.717) is 81.5 Å². The molecule has 2 unspecified atom stereocenters. The monoisotopic (exact) mass is 688 g/mol. The number of likely N-dealkylation sites (tertiary alicyclic amines) is 3. The Morgan fingerprint density at radius 1 is 0.940 bits per heavy atom. The number of hydrogen-bond donors (Lipinski definition) is 3. The first-order valence-electron chi connectivity index (χ1n) is 17.7. The molecule has 14 heteroatoms. The minimum Gasteiger partial charge on any atom is -0.480 e. The van der Waals surface area contributed by atoms with Crippen molar-refractivity contribution in [2.75, 3.05) is 44.6 Å². The van der Waals surface area contributed by atoms with E-state index in [0.717, 1.165) is 36.2 Å². The summed E-state index contributed by atoms with van der Waals surface area (Å²) >= 11 is 0.